The van der Waals surface area contributed by atoms with E-state index in [1.54, 1.807) is 18.2 Å². The summed E-state index contributed by atoms with van der Waals surface area (Å²) in [5.41, 5.74) is 0.734. The topological polar surface area (TPSA) is 53.3 Å². The number of ether oxygens (including phenoxy) is 1. The van der Waals surface area contributed by atoms with E-state index < -0.39 is 0 Å². The number of nitriles is 1. The second-order valence-electron chi connectivity index (χ2n) is 4.65. The van der Waals surface area contributed by atoms with Gasteiger partial charge in [-0.15, -0.1) is 0 Å². The number of rotatable bonds is 6. The number of hydrogen-bond donors (Lipinski definition) is 0. The molecule has 0 aromatic heterocycles. The molecule has 0 aliphatic heterocycles. The molecular weight excluding hydrogens is 380 g/mol. The zero-order valence-corrected chi connectivity index (χ0v) is 14.5. The predicted molar refractivity (Wildman–Crippen MR) is 93.7 cm³/mol. The van der Waals surface area contributed by atoms with Gasteiger partial charge in [-0.1, -0.05) is 45.7 Å². The van der Waals surface area contributed by atoms with Crippen LogP contribution in [0.2, 0.25) is 5.02 Å². The Balaban J connectivity index is 2.07. The second-order valence-corrected chi connectivity index (χ2v) is 5.98. The molecule has 0 radical (unpaired) electrons. The van der Waals surface area contributed by atoms with Crippen LogP contribution < -0.4 is 9.64 Å². The molecule has 0 bridgehead atoms. The Kier molecular flexibility index (Phi) is 6.45. The van der Waals surface area contributed by atoms with Crippen LogP contribution in [0.3, 0.4) is 0 Å². The van der Waals surface area contributed by atoms with Gasteiger partial charge in [0.1, 0.15) is 5.75 Å². The van der Waals surface area contributed by atoms with Gasteiger partial charge in [0.2, 0.25) is 0 Å². The number of benzene rings is 2. The van der Waals surface area contributed by atoms with Crippen LogP contribution >= 0.6 is 27.5 Å². The number of hydrogen-bond acceptors (Lipinski definition) is 3. The minimum atomic E-state index is -0.231. The van der Waals surface area contributed by atoms with E-state index in [1.165, 1.54) is 4.90 Å². The van der Waals surface area contributed by atoms with Gasteiger partial charge in [-0.2, -0.15) is 5.26 Å². The molecule has 0 heterocycles. The number of halogens is 2. The fourth-order valence-corrected chi connectivity index (χ4v) is 2.71. The fraction of sp³-hybridized carbons (Fsp3) is 0.176. The van der Waals surface area contributed by atoms with Crippen molar-refractivity contribution >= 4 is 39.1 Å². The highest BCUT2D eigenvalue weighted by molar-refractivity contribution is 9.10. The van der Waals surface area contributed by atoms with E-state index >= 15 is 0 Å². The third kappa shape index (κ3) is 4.98. The molecule has 23 heavy (non-hydrogen) atoms. The molecule has 2 rings (SSSR count). The molecule has 0 N–H and O–H groups in total. The van der Waals surface area contributed by atoms with Crippen molar-refractivity contribution in [1.82, 2.24) is 0 Å². The average molecular weight is 394 g/mol. The van der Waals surface area contributed by atoms with Crippen LogP contribution in [-0.4, -0.2) is 19.1 Å². The summed E-state index contributed by atoms with van der Waals surface area (Å²) in [6.07, 6.45) is 0.250. The average Bonchev–Trinajstić information content (AvgIpc) is 2.55. The molecule has 0 aliphatic rings. The Labute approximate surface area is 148 Å². The van der Waals surface area contributed by atoms with Crippen LogP contribution in [0.5, 0.6) is 5.75 Å². The van der Waals surface area contributed by atoms with Gasteiger partial charge in [-0.05, 0) is 30.3 Å². The normalized spacial score (nSPS) is 9.96. The summed E-state index contributed by atoms with van der Waals surface area (Å²) < 4.78 is 6.34. The molecule has 0 atom stereocenters. The summed E-state index contributed by atoms with van der Waals surface area (Å²) in [6.45, 7) is 0.165. The molecule has 118 valence electrons. The lowest BCUT2D eigenvalue weighted by molar-refractivity contribution is -0.120. The van der Waals surface area contributed by atoms with E-state index in [9.17, 15) is 4.79 Å². The van der Waals surface area contributed by atoms with Gasteiger partial charge in [-0.3, -0.25) is 4.79 Å². The molecule has 0 spiro atoms. The smallest absolute Gasteiger partial charge is 0.264 e. The maximum absolute atomic E-state index is 12.4. The summed E-state index contributed by atoms with van der Waals surface area (Å²) in [4.78, 5) is 14.0. The number of para-hydroxylation sites is 1. The Bertz CT molecular complexity index is 716. The molecule has 0 fully saturated rings. The van der Waals surface area contributed by atoms with Gasteiger partial charge in [0.05, 0.1) is 17.5 Å². The zero-order chi connectivity index (χ0) is 16.7. The molecule has 0 aliphatic carbocycles. The van der Waals surface area contributed by atoms with E-state index in [4.69, 9.17) is 21.6 Å². The number of carbonyl (C=O) groups excluding carboxylic acids is 1. The van der Waals surface area contributed by atoms with Crippen molar-refractivity contribution in [1.29, 1.82) is 5.26 Å². The van der Waals surface area contributed by atoms with Crippen molar-refractivity contribution in [3.63, 3.8) is 0 Å². The monoisotopic (exact) mass is 392 g/mol. The van der Waals surface area contributed by atoms with Gasteiger partial charge >= 0.3 is 0 Å². The Hall–Kier alpha value is -2.03. The van der Waals surface area contributed by atoms with E-state index in [0.717, 1.165) is 10.2 Å². The van der Waals surface area contributed by atoms with Crippen LogP contribution in [0.25, 0.3) is 0 Å². The van der Waals surface area contributed by atoms with Crippen molar-refractivity contribution in [3.8, 4) is 11.8 Å². The first-order chi connectivity index (χ1) is 11.1. The van der Waals surface area contributed by atoms with Crippen molar-refractivity contribution in [2.24, 2.45) is 0 Å². The van der Waals surface area contributed by atoms with E-state index in [0.29, 0.717) is 17.3 Å². The summed E-state index contributed by atoms with van der Waals surface area (Å²) in [6, 6.07) is 16.4. The van der Waals surface area contributed by atoms with Crippen molar-refractivity contribution in [2.45, 2.75) is 6.42 Å². The van der Waals surface area contributed by atoms with Crippen LogP contribution in [0.4, 0.5) is 5.69 Å². The van der Waals surface area contributed by atoms with E-state index in [2.05, 4.69) is 22.0 Å². The second kappa shape index (κ2) is 8.56. The van der Waals surface area contributed by atoms with Gasteiger partial charge in [0.25, 0.3) is 5.91 Å². The molecular formula is C17H14BrClN2O2. The first-order valence-electron chi connectivity index (χ1n) is 6.92. The molecule has 0 saturated carbocycles. The Morgan fingerprint density at radius 1 is 1.26 bits per heavy atom. The third-order valence-electron chi connectivity index (χ3n) is 3.06. The van der Waals surface area contributed by atoms with Gasteiger partial charge in [0, 0.05) is 16.7 Å². The largest absolute Gasteiger partial charge is 0.482 e. The van der Waals surface area contributed by atoms with Crippen LogP contribution in [0.15, 0.2) is 53.0 Å². The number of nitrogens with zero attached hydrogens (tertiary/aromatic N) is 2. The van der Waals surface area contributed by atoms with E-state index in [-0.39, 0.29) is 18.9 Å². The summed E-state index contributed by atoms with van der Waals surface area (Å²) in [5, 5.41) is 9.20. The lowest BCUT2D eigenvalue weighted by atomic mass is 10.2. The lowest BCUT2D eigenvalue weighted by Gasteiger charge is -2.22. The molecule has 0 saturated heterocycles. The first kappa shape index (κ1) is 17.3. The molecule has 0 unspecified atom stereocenters. The highest BCUT2D eigenvalue weighted by Crippen LogP contribution is 2.27. The predicted octanol–water partition coefficient (Wildman–Crippen LogP) is 4.43. The highest BCUT2D eigenvalue weighted by Gasteiger charge is 2.16. The van der Waals surface area contributed by atoms with Crippen molar-refractivity contribution in [3.05, 3.63) is 58.0 Å². The number of carbonyl (C=O) groups is 1. The molecule has 2 aromatic carbocycles. The molecule has 6 heteroatoms. The maximum Gasteiger partial charge on any atom is 0.264 e. The van der Waals surface area contributed by atoms with Crippen LogP contribution in [0.1, 0.15) is 6.42 Å². The summed E-state index contributed by atoms with van der Waals surface area (Å²) in [5.74, 6) is 0.210. The highest BCUT2D eigenvalue weighted by atomic mass is 79.9. The Morgan fingerprint density at radius 3 is 2.65 bits per heavy atom. The molecule has 2 aromatic rings. The van der Waals surface area contributed by atoms with Crippen LogP contribution in [-0.2, 0) is 4.79 Å². The number of anilines is 1. The Morgan fingerprint density at radius 2 is 2.00 bits per heavy atom. The minimum Gasteiger partial charge on any atom is -0.482 e. The zero-order valence-electron chi connectivity index (χ0n) is 12.2. The fourth-order valence-electron chi connectivity index (χ4n) is 1.98. The van der Waals surface area contributed by atoms with Gasteiger partial charge in [-0.25, -0.2) is 0 Å². The summed E-state index contributed by atoms with van der Waals surface area (Å²) >= 11 is 9.38. The first-order valence-corrected chi connectivity index (χ1v) is 8.09. The quantitative estimate of drug-likeness (QED) is 0.729. The third-order valence-corrected chi connectivity index (χ3v) is 3.85. The van der Waals surface area contributed by atoms with Gasteiger partial charge in [0.15, 0.2) is 6.61 Å². The molecule has 1 amide bonds. The lowest BCUT2D eigenvalue weighted by Crippen LogP contribution is -2.35. The minimum absolute atomic E-state index is 0.151. The standard InChI is InChI=1S/C17H14BrClN2O2/c18-13-7-8-16(15(19)11-13)23-12-17(22)21(10-4-9-20)14-5-2-1-3-6-14/h1-3,5-8,11H,4,10,12H2. The van der Waals surface area contributed by atoms with Crippen molar-refractivity contribution < 1.29 is 9.53 Å². The maximum atomic E-state index is 12.4. The van der Waals surface area contributed by atoms with Crippen LogP contribution in [0, 0.1) is 11.3 Å². The number of amides is 1. The van der Waals surface area contributed by atoms with E-state index in [1.807, 2.05) is 30.3 Å². The molecule has 4 nitrogen and oxygen atoms in total. The van der Waals surface area contributed by atoms with Gasteiger partial charge < -0.3 is 9.64 Å². The summed E-state index contributed by atoms with van der Waals surface area (Å²) in [7, 11) is 0. The SMILES string of the molecule is N#CCCN(C(=O)COc1ccc(Br)cc1Cl)c1ccccc1. The van der Waals surface area contributed by atoms with Crippen molar-refractivity contribution in [2.75, 3.05) is 18.1 Å².